The quantitative estimate of drug-likeness (QED) is 0.633. The Morgan fingerprint density at radius 3 is 2.86 bits per heavy atom. The number of nitrogen functional groups attached to an aromatic ring is 1. The van der Waals surface area contributed by atoms with E-state index in [4.69, 9.17) is 5.73 Å². The first kappa shape index (κ1) is 14.9. The van der Waals surface area contributed by atoms with Gasteiger partial charge in [-0.05, 0) is 19.8 Å². The Kier molecular flexibility index (Phi) is 4.81. The van der Waals surface area contributed by atoms with Crippen LogP contribution in [0.2, 0.25) is 0 Å². The van der Waals surface area contributed by atoms with Gasteiger partial charge in [-0.25, -0.2) is 9.78 Å². The molecule has 21 heavy (non-hydrogen) atoms. The number of hydrogen-bond donors (Lipinski definition) is 3. The minimum atomic E-state index is -0.481. The summed E-state index contributed by atoms with van der Waals surface area (Å²) in [5, 5.41) is 3.01. The number of H-pyrrole nitrogens is 1. The molecule has 2 heterocycles. The SMILES string of the molecule is CCn1c(N)c(NCCCCn2ccnc2)c(=O)[nH]c1=O. The van der Waals surface area contributed by atoms with E-state index in [1.54, 1.807) is 19.4 Å². The number of aromatic nitrogens is 4. The molecule has 0 spiro atoms. The van der Waals surface area contributed by atoms with Crippen molar-refractivity contribution in [1.29, 1.82) is 0 Å². The topological polar surface area (TPSA) is 111 Å². The standard InChI is InChI=1S/C13H20N6O2/c1-2-19-11(14)10(12(20)17-13(19)21)16-5-3-4-7-18-8-6-15-9-18/h6,8-9,16H,2-5,7,14H2,1H3,(H,17,20,21). The summed E-state index contributed by atoms with van der Waals surface area (Å²) in [6, 6.07) is 0. The first-order chi connectivity index (χ1) is 10.1. The molecule has 8 heteroatoms. The van der Waals surface area contributed by atoms with Crippen LogP contribution in [0.1, 0.15) is 19.8 Å². The molecule has 4 N–H and O–H groups in total. The molecule has 0 saturated carbocycles. The number of hydrogen-bond acceptors (Lipinski definition) is 5. The third-order valence-corrected chi connectivity index (χ3v) is 3.26. The Balaban J connectivity index is 1.91. The van der Waals surface area contributed by atoms with E-state index in [2.05, 4.69) is 15.3 Å². The number of nitrogens with zero attached hydrogens (tertiary/aromatic N) is 3. The van der Waals surface area contributed by atoms with Gasteiger partial charge in [0, 0.05) is 32.0 Å². The van der Waals surface area contributed by atoms with E-state index in [0.29, 0.717) is 13.1 Å². The summed E-state index contributed by atoms with van der Waals surface area (Å²) >= 11 is 0. The van der Waals surface area contributed by atoms with Gasteiger partial charge < -0.3 is 15.6 Å². The zero-order valence-corrected chi connectivity index (χ0v) is 12.0. The highest BCUT2D eigenvalue weighted by Crippen LogP contribution is 2.09. The number of anilines is 2. The predicted octanol–water partition coefficient (Wildman–Crippen LogP) is 0.228. The van der Waals surface area contributed by atoms with E-state index < -0.39 is 11.2 Å². The smallest absolute Gasteiger partial charge is 0.330 e. The van der Waals surface area contributed by atoms with E-state index in [1.165, 1.54) is 4.57 Å². The largest absolute Gasteiger partial charge is 0.383 e. The minimum Gasteiger partial charge on any atom is -0.383 e. The average Bonchev–Trinajstić information content (AvgIpc) is 2.95. The van der Waals surface area contributed by atoms with Gasteiger partial charge in [-0.15, -0.1) is 0 Å². The summed E-state index contributed by atoms with van der Waals surface area (Å²) in [6.45, 7) is 3.70. The van der Waals surface area contributed by atoms with Crippen LogP contribution in [0.15, 0.2) is 28.3 Å². The van der Waals surface area contributed by atoms with Crippen molar-refractivity contribution in [1.82, 2.24) is 19.1 Å². The number of nitrogens with one attached hydrogen (secondary N) is 2. The molecule has 8 nitrogen and oxygen atoms in total. The van der Waals surface area contributed by atoms with Crippen LogP contribution < -0.4 is 22.3 Å². The number of aromatic amines is 1. The maximum absolute atomic E-state index is 11.8. The normalized spacial score (nSPS) is 10.7. The van der Waals surface area contributed by atoms with Crippen molar-refractivity contribution in [2.24, 2.45) is 0 Å². The molecule has 2 rings (SSSR count). The molecule has 0 atom stereocenters. The molecule has 0 fully saturated rings. The fourth-order valence-electron chi connectivity index (χ4n) is 2.12. The van der Waals surface area contributed by atoms with Gasteiger partial charge in [0.25, 0.3) is 5.56 Å². The van der Waals surface area contributed by atoms with Crippen LogP contribution in [-0.2, 0) is 13.1 Å². The Hall–Kier alpha value is -2.51. The lowest BCUT2D eigenvalue weighted by molar-refractivity contribution is 0.620. The predicted molar refractivity (Wildman–Crippen MR) is 81.4 cm³/mol. The van der Waals surface area contributed by atoms with Gasteiger partial charge in [-0.1, -0.05) is 0 Å². The molecule has 0 radical (unpaired) electrons. The van der Waals surface area contributed by atoms with Gasteiger partial charge in [0.2, 0.25) is 0 Å². The van der Waals surface area contributed by atoms with Crippen molar-refractivity contribution in [2.75, 3.05) is 17.6 Å². The Bertz CT molecular complexity index is 686. The second-order valence-corrected chi connectivity index (χ2v) is 4.70. The van der Waals surface area contributed by atoms with E-state index in [1.807, 2.05) is 10.8 Å². The zero-order chi connectivity index (χ0) is 15.2. The molecule has 0 bridgehead atoms. The van der Waals surface area contributed by atoms with Gasteiger partial charge >= 0.3 is 5.69 Å². The second kappa shape index (κ2) is 6.78. The molecule has 0 aliphatic carbocycles. The Morgan fingerprint density at radius 2 is 2.19 bits per heavy atom. The third-order valence-electron chi connectivity index (χ3n) is 3.26. The lowest BCUT2D eigenvalue weighted by atomic mass is 10.3. The van der Waals surface area contributed by atoms with Crippen molar-refractivity contribution in [3.8, 4) is 0 Å². The Labute approximate surface area is 121 Å². The summed E-state index contributed by atoms with van der Waals surface area (Å²) in [4.78, 5) is 29.5. The molecule has 114 valence electrons. The van der Waals surface area contributed by atoms with Gasteiger partial charge in [0.05, 0.1) is 6.33 Å². The first-order valence-corrected chi connectivity index (χ1v) is 6.95. The molecular weight excluding hydrogens is 272 g/mol. The first-order valence-electron chi connectivity index (χ1n) is 6.95. The van der Waals surface area contributed by atoms with Gasteiger partial charge in [-0.3, -0.25) is 14.3 Å². The number of aryl methyl sites for hydroxylation is 1. The maximum Gasteiger partial charge on any atom is 0.330 e. The van der Waals surface area contributed by atoms with E-state index >= 15 is 0 Å². The van der Waals surface area contributed by atoms with Crippen molar-refractivity contribution < 1.29 is 0 Å². The molecule has 0 aliphatic heterocycles. The average molecular weight is 292 g/mol. The number of nitrogens with two attached hydrogens (primary N) is 1. The monoisotopic (exact) mass is 292 g/mol. The van der Waals surface area contributed by atoms with Crippen LogP contribution in [0.4, 0.5) is 11.5 Å². The van der Waals surface area contributed by atoms with E-state index in [9.17, 15) is 9.59 Å². The minimum absolute atomic E-state index is 0.181. The lowest BCUT2D eigenvalue weighted by Gasteiger charge is -2.12. The van der Waals surface area contributed by atoms with Crippen LogP contribution in [0.3, 0.4) is 0 Å². The third kappa shape index (κ3) is 3.53. The lowest BCUT2D eigenvalue weighted by Crippen LogP contribution is -2.33. The molecule has 0 unspecified atom stereocenters. The second-order valence-electron chi connectivity index (χ2n) is 4.70. The van der Waals surface area contributed by atoms with Gasteiger partial charge in [-0.2, -0.15) is 0 Å². The van der Waals surface area contributed by atoms with Crippen molar-refractivity contribution >= 4 is 11.5 Å². The zero-order valence-electron chi connectivity index (χ0n) is 12.0. The van der Waals surface area contributed by atoms with E-state index in [0.717, 1.165) is 19.4 Å². The number of unbranched alkanes of at least 4 members (excludes halogenated alkanes) is 1. The highest BCUT2D eigenvalue weighted by atomic mass is 16.2. The van der Waals surface area contributed by atoms with E-state index in [-0.39, 0.29) is 11.5 Å². The van der Waals surface area contributed by atoms with Gasteiger partial charge in [0.15, 0.2) is 0 Å². The van der Waals surface area contributed by atoms with Gasteiger partial charge in [0.1, 0.15) is 11.5 Å². The Morgan fingerprint density at radius 1 is 1.38 bits per heavy atom. The fraction of sp³-hybridized carbons (Fsp3) is 0.462. The highest BCUT2D eigenvalue weighted by Gasteiger charge is 2.10. The summed E-state index contributed by atoms with van der Waals surface area (Å²) in [6.07, 6.45) is 7.25. The van der Waals surface area contributed by atoms with Crippen LogP contribution in [0, 0.1) is 0 Å². The van der Waals surface area contributed by atoms with Crippen LogP contribution in [0.5, 0.6) is 0 Å². The van der Waals surface area contributed by atoms with Crippen molar-refractivity contribution in [3.63, 3.8) is 0 Å². The molecule has 0 amide bonds. The van der Waals surface area contributed by atoms with Crippen LogP contribution >= 0.6 is 0 Å². The molecule has 2 aromatic rings. The molecular formula is C13H20N6O2. The molecule has 2 aromatic heterocycles. The van der Waals surface area contributed by atoms with Crippen LogP contribution in [0.25, 0.3) is 0 Å². The molecule has 0 aliphatic rings. The molecule has 0 saturated heterocycles. The summed E-state index contributed by atoms with van der Waals surface area (Å²) in [7, 11) is 0. The number of rotatable bonds is 7. The fourth-order valence-corrected chi connectivity index (χ4v) is 2.12. The molecule has 0 aromatic carbocycles. The summed E-state index contributed by atoms with van der Waals surface area (Å²) < 4.78 is 3.33. The van der Waals surface area contributed by atoms with Crippen molar-refractivity contribution in [2.45, 2.75) is 32.9 Å². The van der Waals surface area contributed by atoms with Crippen molar-refractivity contribution in [3.05, 3.63) is 39.6 Å². The number of imidazole rings is 1. The summed E-state index contributed by atoms with van der Waals surface area (Å²) in [5.74, 6) is 0.181. The van der Waals surface area contributed by atoms with Crippen LogP contribution in [-0.4, -0.2) is 25.6 Å². The summed E-state index contributed by atoms with van der Waals surface area (Å²) in [5.41, 5.74) is 5.16. The maximum atomic E-state index is 11.8. The highest BCUT2D eigenvalue weighted by molar-refractivity contribution is 5.60.